The summed E-state index contributed by atoms with van der Waals surface area (Å²) in [5.74, 6) is 0. The van der Waals surface area contributed by atoms with Crippen molar-refractivity contribution < 1.29 is 13.2 Å². The molecule has 1 atom stereocenters. The summed E-state index contributed by atoms with van der Waals surface area (Å²) in [4.78, 5) is 1.13. The second-order valence-electron chi connectivity index (χ2n) is 4.09. The van der Waals surface area contributed by atoms with Crippen LogP contribution in [0.3, 0.4) is 0 Å². The molecule has 1 aromatic carbocycles. The van der Waals surface area contributed by atoms with Gasteiger partial charge in [-0.1, -0.05) is 12.1 Å². The first-order valence-corrected chi connectivity index (χ1v) is 6.23. The number of nitrogens with two attached hydrogens (primary N) is 1. The van der Waals surface area contributed by atoms with Crippen molar-refractivity contribution in [1.82, 2.24) is 0 Å². The van der Waals surface area contributed by atoms with E-state index in [9.17, 15) is 13.2 Å². The maximum atomic E-state index is 12.4. The molecule has 0 bridgehead atoms. The Hall–Kier alpha value is -1.33. The van der Waals surface area contributed by atoms with Gasteiger partial charge in [0.1, 0.15) is 0 Å². The zero-order valence-corrected chi connectivity index (χ0v) is 10.5. The Labute approximate surface area is 107 Å². The number of alkyl halides is 3. The first-order valence-electron chi connectivity index (χ1n) is 5.35. The summed E-state index contributed by atoms with van der Waals surface area (Å²) >= 11 is 1.57. The van der Waals surface area contributed by atoms with Crippen LogP contribution in [-0.2, 0) is 6.18 Å². The summed E-state index contributed by atoms with van der Waals surface area (Å²) in [5, 5.41) is 1.93. The largest absolute Gasteiger partial charge is 0.416 e. The van der Waals surface area contributed by atoms with Gasteiger partial charge >= 0.3 is 6.18 Å². The molecule has 2 N–H and O–H groups in total. The highest BCUT2D eigenvalue weighted by molar-refractivity contribution is 7.10. The average Bonchev–Trinajstić information content (AvgIpc) is 2.74. The molecule has 2 rings (SSSR count). The van der Waals surface area contributed by atoms with E-state index in [4.69, 9.17) is 5.73 Å². The van der Waals surface area contributed by atoms with Gasteiger partial charge in [-0.15, -0.1) is 11.3 Å². The van der Waals surface area contributed by atoms with Gasteiger partial charge in [0.25, 0.3) is 0 Å². The van der Waals surface area contributed by atoms with Crippen LogP contribution >= 0.6 is 11.3 Å². The van der Waals surface area contributed by atoms with Crippen molar-refractivity contribution >= 4 is 11.3 Å². The number of benzene rings is 1. The van der Waals surface area contributed by atoms with Crippen molar-refractivity contribution in [3.8, 4) is 0 Å². The average molecular weight is 271 g/mol. The van der Waals surface area contributed by atoms with Crippen LogP contribution in [-0.4, -0.2) is 0 Å². The van der Waals surface area contributed by atoms with Crippen LogP contribution in [0.25, 0.3) is 0 Å². The lowest BCUT2D eigenvalue weighted by Gasteiger charge is -2.12. The predicted molar refractivity (Wildman–Crippen MR) is 66.5 cm³/mol. The molecule has 0 saturated carbocycles. The Kier molecular flexibility index (Phi) is 3.45. The third kappa shape index (κ3) is 2.73. The van der Waals surface area contributed by atoms with Crippen LogP contribution < -0.4 is 5.73 Å². The minimum atomic E-state index is -4.30. The number of hydrogen-bond acceptors (Lipinski definition) is 2. The van der Waals surface area contributed by atoms with Gasteiger partial charge in [-0.3, -0.25) is 0 Å². The monoisotopic (exact) mass is 271 g/mol. The molecular weight excluding hydrogens is 259 g/mol. The molecular formula is C13H12F3NS. The summed E-state index contributed by atoms with van der Waals surface area (Å²) in [6, 6.07) is 6.56. The molecule has 0 saturated heterocycles. The molecule has 5 heteroatoms. The van der Waals surface area contributed by atoms with E-state index < -0.39 is 11.7 Å². The number of aryl methyl sites for hydroxylation is 1. The smallest absolute Gasteiger partial charge is 0.320 e. The first-order chi connectivity index (χ1) is 8.38. The molecule has 0 aliphatic rings. The molecule has 0 aliphatic carbocycles. The fourth-order valence-corrected chi connectivity index (χ4v) is 2.44. The van der Waals surface area contributed by atoms with Crippen LogP contribution in [0, 0.1) is 6.92 Å². The van der Waals surface area contributed by atoms with Crippen LogP contribution in [0.1, 0.15) is 27.6 Å². The van der Waals surface area contributed by atoms with E-state index >= 15 is 0 Å². The van der Waals surface area contributed by atoms with Gasteiger partial charge in [0.15, 0.2) is 0 Å². The highest BCUT2D eigenvalue weighted by Gasteiger charge is 2.30. The van der Waals surface area contributed by atoms with E-state index in [1.807, 2.05) is 18.4 Å². The van der Waals surface area contributed by atoms with E-state index in [0.29, 0.717) is 5.56 Å². The first kappa shape index (κ1) is 13.1. The molecule has 0 aliphatic heterocycles. The van der Waals surface area contributed by atoms with Crippen LogP contribution in [0.4, 0.5) is 13.2 Å². The second kappa shape index (κ2) is 4.74. The molecule has 1 heterocycles. The summed E-state index contributed by atoms with van der Waals surface area (Å²) < 4.78 is 37.3. The van der Waals surface area contributed by atoms with Gasteiger partial charge in [0.05, 0.1) is 11.6 Å². The lowest BCUT2D eigenvalue weighted by Crippen LogP contribution is -2.12. The lowest BCUT2D eigenvalue weighted by molar-refractivity contribution is -0.137. The molecule has 1 aromatic heterocycles. The van der Waals surface area contributed by atoms with Crippen molar-refractivity contribution in [2.75, 3.05) is 0 Å². The molecule has 96 valence electrons. The van der Waals surface area contributed by atoms with E-state index in [1.54, 1.807) is 11.3 Å². The minimum Gasteiger partial charge on any atom is -0.320 e. The second-order valence-corrected chi connectivity index (χ2v) is 5.20. The molecule has 1 nitrogen and oxygen atoms in total. The minimum absolute atomic E-state index is 0.378. The Morgan fingerprint density at radius 3 is 2.17 bits per heavy atom. The van der Waals surface area contributed by atoms with Crippen LogP contribution in [0.15, 0.2) is 35.7 Å². The van der Waals surface area contributed by atoms with E-state index in [0.717, 1.165) is 22.6 Å². The summed E-state index contributed by atoms with van der Waals surface area (Å²) in [7, 11) is 0. The quantitative estimate of drug-likeness (QED) is 0.873. The van der Waals surface area contributed by atoms with E-state index in [1.165, 1.54) is 12.1 Å². The van der Waals surface area contributed by atoms with Crippen molar-refractivity contribution in [1.29, 1.82) is 0 Å². The van der Waals surface area contributed by atoms with Gasteiger partial charge in [0.2, 0.25) is 0 Å². The normalized spacial score (nSPS) is 13.6. The topological polar surface area (TPSA) is 26.0 Å². The Bertz CT molecular complexity index is 528. The van der Waals surface area contributed by atoms with E-state index in [2.05, 4.69) is 0 Å². The Morgan fingerprint density at radius 1 is 1.11 bits per heavy atom. The zero-order chi connectivity index (χ0) is 13.3. The fourth-order valence-electron chi connectivity index (χ4n) is 1.70. The highest BCUT2D eigenvalue weighted by atomic mass is 32.1. The molecule has 0 amide bonds. The maximum Gasteiger partial charge on any atom is 0.416 e. The molecule has 2 aromatic rings. The summed E-state index contributed by atoms with van der Waals surface area (Å²) in [6.07, 6.45) is -4.30. The predicted octanol–water partition coefficient (Wildman–Crippen LogP) is 4.12. The Balaban J connectivity index is 2.24. The van der Waals surface area contributed by atoms with Gasteiger partial charge in [-0.25, -0.2) is 0 Å². The summed E-state index contributed by atoms with van der Waals surface area (Å²) in [5.41, 5.74) is 6.97. The summed E-state index contributed by atoms with van der Waals surface area (Å²) in [6.45, 7) is 1.97. The number of hydrogen-bond donors (Lipinski definition) is 1. The van der Waals surface area contributed by atoms with Gasteiger partial charge in [-0.2, -0.15) is 13.2 Å². The maximum absolute atomic E-state index is 12.4. The van der Waals surface area contributed by atoms with Crippen molar-refractivity contribution in [2.24, 2.45) is 5.73 Å². The van der Waals surface area contributed by atoms with Crippen molar-refractivity contribution in [3.05, 3.63) is 57.3 Å². The van der Waals surface area contributed by atoms with Gasteiger partial charge in [0, 0.05) is 4.88 Å². The third-order valence-electron chi connectivity index (χ3n) is 2.71. The van der Waals surface area contributed by atoms with Gasteiger partial charge < -0.3 is 5.73 Å². The Morgan fingerprint density at radius 2 is 1.72 bits per heavy atom. The molecule has 0 fully saturated rings. The van der Waals surface area contributed by atoms with Crippen molar-refractivity contribution in [3.63, 3.8) is 0 Å². The SMILES string of the molecule is Cc1cc(C(N)c2ccc(C(F)(F)F)cc2)cs1. The molecule has 18 heavy (non-hydrogen) atoms. The van der Waals surface area contributed by atoms with Gasteiger partial charge in [-0.05, 0) is 41.6 Å². The number of thiophene rings is 1. The third-order valence-corrected chi connectivity index (χ3v) is 3.59. The molecule has 0 radical (unpaired) electrons. The fraction of sp³-hybridized carbons (Fsp3) is 0.231. The van der Waals surface area contributed by atoms with Crippen LogP contribution in [0.2, 0.25) is 0 Å². The molecule has 0 spiro atoms. The van der Waals surface area contributed by atoms with Crippen LogP contribution in [0.5, 0.6) is 0 Å². The lowest BCUT2D eigenvalue weighted by atomic mass is 10.0. The zero-order valence-electron chi connectivity index (χ0n) is 9.66. The highest BCUT2D eigenvalue weighted by Crippen LogP contribution is 2.31. The number of halogens is 3. The molecule has 1 unspecified atom stereocenters. The standard InChI is InChI=1S/C13H12F3NS/c1-8-6-10(7-18-8)12(17)9-2-4-11(5-3-9)13(14,15)16/h2-7,12H,17H2,1H3. The number of rotatable bonds is 2. The van der Waals surface area contributed by atoms with E-state index in [-0.39, 0.29) is 6.04 Å². The van der Waals surface area contributed by atoms with Crippen molar-refractivity contribution in [2.45, 2.75) is 19.1 Å².